The Labute approximate surface area is 118 Å². The minimum Gasteiger partial charge on any atom is -0.454 e. The first-order valence-electron chi connectivity index (χ1n) is 7.15. The third-order valence-electron chi connectivity index (χ3n) is 4.31. The summed E-state index contributed by atoms with van der Waals surface area (Å²) in [4.78, 5) is 12.6. The molecule has 3 N–H and O–H groups in total. The van der Waals surface area contributed by atoms with Gasteiger partial charge < -0.3 is 20.5 Å². The maximum atomic E-state index is 12.6. The lowest BCUT2D eigenvalue weighted by Gasteiger charge is -2.34. The molecule has 2 aliphatic rings. The van der Waals surface area contributed by atoms with Gasteiger partial charge in [0.15, 0.2) is 11.5 Å². The molecule has 5 nitrogen and oxygen atoms in total. The van der Waals surface area contributed by atoms with Crippen LogP contribution in [0.1, 0.15) is 32.1 Å². The Morgan fingerprint density at radius 2 is 1.95 bits per heavy atom. The lowest BCUT2D eigenvalue weighted by molar-refractivity contribution is -0.126. The number of rotatable bonds is 3. The van der Waals surface area contributed by atoms with Gasteiger partial charge in [-0.15, -0.1) is 0 Å². The largest absolute Gasteiger partial charge is 0.454 e. The molecule has 1 aromatic carbocycles. The van der Waals surface area contributed by atoms with E-state index in [2.05, 4.69) is 5.32 Å². The van der Waals surface area contributed by atoms with Crippen molar-refractivity contribution in [2.24, 2.45) is 11.1 Å². The van der Waals surface area contributed by atoms with Crippen molar-refractivity contribution in [1.29, 1.82) is 0 Å². The Hall–Kier alpha value is -1.75. The SMILES string of the molecule is NCC1(C(=O)Nc2ccc3c(c2)OCO3)CCCCC1. The summed E-state index contributed by atoms with van der Waals surface area (Å²) in [5, 5.41) is 2.98. The topological polar surface area (TPSA) is 73.6 Å². The summed E-state index contributed by atoms with van der Waals surface area (Å²) in [5.74, 6) is 1.42. The standard InChI is InChI=1S/C15H20N2O3/c16-9-15(6-2-1-3-7-15)14(18)17-11-4-5-12-13(8-11)20-10-19-12/h4-5,8H,1-3,6-7,9-10,16H2,(H,17,18). The summed E-state index contributed by atoms with van der Waals surface area (Å²) in [5.41, 5.74) is 6.20. The van der Waals surface area contributed by atoms with Crippen LogP contribution in [0.2, 0.25) is 0 Å². The predicted molar refractivity (Wildman–Crippen MR) is 75.8 cm³/mol. The monoisotopic (exact) mass is 276 g/mol. The van der Waals surface area contributed by atoms with Crippen molar-refractivity contribution < 1.29 is 14.3 Å². The van der Waals surface area contributed by atoms with Crippen molar-refractivity contribution in [3.63, 3.8) is 0 Å². The lowest BCUT2D eigenvalue weighted by atomic mass is 9.73. The zero-order chi connectivity index (χ0) is 14.0. The van der Waals surface area contributed by atoms with Gasteiger partial charge in [0.05, 0.1) is 5.41 Å². The Morgan fingerprint density at radius 3 is 2.70 bits per heavy atom. The van der Waals surface area contributed by atoms with Crippen LogP contribution in [0.5, 0.6) is 11.5 Å². The first kappa shape index (κ1) is 13.2. The van der Waals surface area contributed by atoms with Gasteiger partial charge in [0, 0.05) is 18.3 Å². The molecule has 1 amide bonds. The molecule has 0 saturated heterocycles. The molecule has 0 atom stereocenters. The van der Waals surface area contributed by atoms with Crippen LogP contribution in [0.15, 0.2) is 18.2 Å². The number of nitrogens with one attached hydrogen (secondary N) is 1. The summed E-state index contributed by atoms with van der Waals surface area (Å²) in [6.45, 7) is 0.642. The number of benzene rings is 1. The minimum absolute atomic E-state index is 0.0264. The van der Waals surface area contributed by atoms with E-state index in [-0.39, 0.29) is 12.7 Å². The van der Waals surface area contributed by atoms with Crippen molar-refractivity contribution >= 4 is 11.6 Å². The van der Waals surface area contributed by atoms with Crippen molar-refractivity contribution in [2.75, 3.05) is 18.7 Å². The van der Waals surface area contributed by atoms with Gasteiger partial charge in [-0.25, -0.2) is 0 Å². The van der Waals surface area contributed by atoms with E-state index in [0.29, 0.717) is 18.0 Å². The molecule has 3 rings (SSSR count). The molecular formula is C15H20N2O3. The molecule has 1 aromatic rings. The van der Waals surface area contributed by atoms with E-state index < -0.39 is 5.41 Å². The summed E-state index contributed by atoms with van der Waals surface area (Å²) >= 11 is 0. The fraction of sp³-hybridized carbons (Fsp3) is 0.533. The van der Waals surface area contributed by atoms with Crippen LogP contribution in [0.4, 0.5) is 5.69 Å². The zero-order valence-electron chi connectivity index (χ0n) is 11.5. The Morgan fingerprint density at radius 1 is 1.20 bits per heavy atom. The van der Waals surface area contributed by atoms with E-state index in [1.165, 1.54) is 6.42 Å². The van der Waals surface area contributed by atoms with Crippen molar-refractivity contribution in [3.8, 4) is 11.5 Å². The maximum absolute atomic E-state index is 12.6. The molecule has 0 radical (unpaired) electrons. The second-order valence-corrected chi connectivity index (χ2v) is 5.57. The van der Waals surface area contributed by atoms with Gasteiger partial charge >= 0.3 is 0 Å². The fourth-order valence-corrected chi connectivity index (χ4v) is 2.99. The number of fused-ring (bicyclic) bond motifs is 1. The minimum atomic E-state index is -0.408. The van der Waals surface area contributed by atoms with Crippen LogP contribution in [-0.2, 0) is 4.79 Å². The first-order chi connectivity index (χ1) is 9.73. The van der Waals surface area contributed by atoms with Gasteiger partial charge in [0.25, 0.3) is 0 Å². The summed E-state index contributed by atoms with van der Waals surface area (Å²) in [6, 6.07) is 5.44. The van der Waals surface area contributed by atoms with E-state index in [1.54, 1.807) is 6.07 Å². The fourth-order valence-electron chi connectivity index (χ4n) is 2.99. The van der Waals surface area contributed by atoms with Gasteiger partial charge in [-0.3, -0.25) is 4.79 Å². The highest BCUT2D eigenvalue weighted by molar-refractivity contribution is 5.95. The lowest BCUT2D eigenvalue weighted by Crippen LogP contribution is -2.43. The van der Waals surface area contributed by atoms with E-state index in [1.807, 2.05) is 12.1 Å². The smallest absolute Gasteiger partial charge is 0.231 e. The number of ether oxygens (including phenoxy) is 2. The van der Waals surface area contributed by atoms with Gasteiger partial charge in [0.2, 0.25) is 12.7 Å². The highest BCUT2D eigenvalue weighted by atomic mass is 16.7. The second kappa shape index (κ2) is 5.32. The van der Waals surface area contributed by atoms with Crippen LogP contribution in [-0.4, -0.2) is 19.2 Å². The molecule has 0 bridgehead atoms. The summed E-state index contributed by atoms with van der Waals surface area (Å²) in [6.07, 6.45) is 5.09. The van der Waals surface area contributed by atoms with Crippen molar-refractivity contribution in [3.05, 3.63) is 18.2 Å². The molecule has 0 spiro atoms. The normalized spacial score (nSPS) is 19.6. The third-order valence-corrected chi connectivity index (χ3v) is 4.31. The number of amides is 1. The number of anilines is 1. The first-order valence-corrected chi connectivity index (χ1v) is 7.15. The zero-order valence-corrected chi connectivity index (χ0v) is 11.5. The number of hydrogen-bond acceptors (Lipinski definition) is 4. The molecule has 1 aliphatic heterocycles. The highest BCUT2D eigenvalue weighted by Gasteiger charge is 2.38. The Bertz CT molecular complexity index is 510. The van der Waals surface area contributed by atoms with Crippen LogP contribution in [0, 0.1) is 5.41 Å². The van der Waals surface area contributed by atoms with Gasteiger partial charge in [-0.05, 0) is 25.0 Å². The molecule has 5 heteroatoms. The van der Waals surface area contributed by atoms with Crippen LogP contribution < -0.4 is 20.5 Å². The van der Waals surface area contributed by atoms with Gasteiger partial charge in [0.1, 0.15) is 0 Å². The second-order valence-electron chi connectivity index (χ2n) is 5.57. The number of nitrogens with two attached hydrogens (primary N) is 1. The predicted octanol–water partition coefficient (Wildman–Crippen LogP) is 2.26. The van der Waals surface area contributed by atoms with Crippen molar-refractivity contribution in [1.82, 2.24) is 0 Å². The van der Waals surface area contributed by atoms with Crippen LogP contribution in [0.25, 0.3) is 0 Å². The molecular weight excluding hydrogens is 256 g/mol. The van der Waals surface area contributed by atoms with Crippen LogP contribution in [0.3, 0.4) is 0 Å². The van der Waals surface area contributed by atoms with Gasteiger partial charge in [-0.1, -0.05) is 19.3 Å². The Balaban J connectivity index is 1.74. The number of hydrogen-bond donors (Lipinski definition) is 2. The molecule has 0 unspecified atom stereocenters. The highest BCUT2D eigenvalue weighted by Crippen LogP contribution is 2.38. The molecule has 20 heavy (non-hydrogen) atoms. The van der Waals surface area contributed by atoms with Crippen molar-refractivity contribution in [2.45, 2.75) is 32.1 Å². The van der Waals surface area contributed by atoms with Gasteiger partial charge in [-0.2, -0.15) is 0 Å². The molecule has 1 saturated carbocycles. The Kier molecular flexibility index (Phi) is 3.53. The molecule has 1 aliphatic carbocycles. The average molecular weight is 276 g/mol. The van der Waals surface area contributed by atoms with E-state index in [0.717, 1.165) is 31.4 Å². The average Bonchev–Trinajstić information content (AvgIpc) is 2.95. The van der Waals surface area contributed by atoms with E-state index >= 15 is 0 Å². The molecule has 1 fully saturated rings. The number of carbonyl (C=O) groups is 1. The van der Waals surface area contributed by atoms with E-state index in [4.69, 9.17) is 15.2 Å². The molecule has 1 heterocycles. The summed E-state index contributed by atoms with van der Waals surface area (Å²) < 4.78 is 10.6. The summed E-state index contributed by atoms with van der Waals surface area (Å²) in [7, 11) is 0. The quantitative estimate of drug-likeness (QED) is 0.888. The van der Waals surface area contributed by atoms with Crippen LogP contribution >= 0.6 is 0 Å². The maximum Gasteiger partial charge on any atom is 0.231 e. The molecule has 0 aromatic heterocycles. The third kappa shape index (κ3) is 2.33. The number of carbonyl (C=O) groups excluding carboxylic acids is 1. The molecule has 108 valence electrons. The van der Waals surface area contributed by atoms with E-state index in [9.17, 15) is 4.79 Å².